The lowest BCUT2D eigenvalue weighted by atomic mass is 10.1. The molecule has 2 aliphatic rings. The molecule has 2 aromatic carbocycles. The highest BCUT2D eigenvalue weighted by molar-refractivity contribution is 9.10. The monoisotopic (exact) mass is 431 g/mol. The average Bonchev–Trinajstić information content (AvgIpc) is 2.82. The van der Waals surface area contributed by atoms with Gasteiger partial charge in [-0.2, -0.15) is 0 Å². The van der Waals surface area contributed by atoms with Crippen molar-refractivity contribution in [1.29, 1.82) is 0 Å². The van der Waals surface area contributed by atoms with Gasteiger partial charge in [-0.15, -0.1) is 0 Å². The van der Waals surface area contributed by atoms with Crippen molar-refractivity contribution < 1.29 is 13.9 Å². The molecule has 1 unspecified atom stereocenters. The molecule has 3 N–H and O–H groups in total. The summed E-state index contributed by atoms with van der Waals surface area (Å²) < 4.78 is 28.7. The first kappa shape index (κ1) is 16.4. The molecule has 0 amide bonds. The van der Waals surface area contributed by atoms with Crippen molar-refractivity contribution in [3.8, 4) is 11.5 Å². The van der Waals surface area contributed by atoms with Crippen LogP contribution in [0.15, 0.2) is 39.8 Å². The number of imidazole rings is 1. The molecule has 138 valence electrons. The molecular formula is C18H15BrFN5O2. The van der Waals surface area contributed by atoms with E-state index in [4.69, 9.17) is 15.2 Å². The smallest absolute Gasteiger partial charge is 0.212 e. The zero-order valence-electron chi connectivity index (χ0n) is 14.1. The Morgan fingerprint density at radius 3 is 2.78 bits per heavy atom. The van der Waals surface area contributed by atoms with Gasteiger partial charge < -0.3 is 15.2 Å². The van der Waals surface area contributed by atoms with Gasteiger partial charge in [-0.3, -0.25) is 9.88 Å². The second kappa shape index (κ2) is 6.12. The van der Waals surface area contributed by atoms with Crippen molar-refractivity contribution in [3.63, 3.8) is 0 Å². The van der Waals surface area contributed by atoms with Gasteiger partial charge in [0, 0.05) is 28.6 Å². The fourth-order valence-electron chi connectivity index (χ4n) is 3.34. The molecule has 1 atom stereocenters. The lowest BCUT2D eigenvalue weighted by molar-refractivity contribution is 0.297. The van der Waals surface area contributed by atoms with Crippen molar-refractivity contribution in [1.82, 2.24) is 9.55 Å². The molecule has 2 aliphatic heterocycles. The zero-order chi connectivity index (χ0) is 18.5. The van der Waals surface area contributed by atoms with E-state index in [2.05, 4.69) is 31.2 Å². The molecule has 27 heavy (non-hydrogen) atoms. The number of rotatable bonds is 1. The van der Waals surface area contributed by atoms with E-state index in [9.17, 15) is 4.39 Å². The van der Waals surface area contributed by atoms with Gasteiger partial charge in [-0.05, 0) is 18.2 Å². The lowest BCUT2D eigenvalue weighted by Gasteiger charge is -2.24. The highest BCUT2D eigenvalue weighted by Gasteiger charge is 2.28. The van der Waals surface area contributed by atoms with E-state index in [0.717, 1.165) is 16.4 Å². The molecule has 0 saturated carbocycles. The highest BCUT2D eigenvalue weighted by Crippen LogP contribution is 2.39. The number of hydrogen-bond acceptors (Lipinski definition) is 6. The number of nitrogens with one attached hydrogen (secondary N) is 1. The number of aliphatic imine (C=N–C) groups is 1. The Kier molecular flexibility index (Phi) is 3.71. The summed E-state index contributed by atoms with van der Waals surface area (Å²) in [5, 5.41) is 2.95. The van der Waals surface area contributed by atoms with Crippen molar-refractivity contribution in [2.45, 2.75) is 12.6 Å². The molecule has 5 rings (SSSR count). The fraction of sp³-hybridized carbons (Fsp3) is 0.222. The van der Waals surface area contributed by atoms with Gasteiger partial charge in [0.1, 0.15) is 5.82 Å². The maximum absolute atomic E-state index is 14.6. The molecule has 0 saturated heterocycles. The van der Waals surface area contributed by atoms with Crippen LogP contribution in [0.2, 0.25) is 0 Å². The number of halogens is 2. The van der Waals surface area contributed by atoms with Crippen LogP contribution >= 0.6 is 15.9 Å². The molecule has 3 heterocycles. The van der Waals surface area contributed by atoms with Gasteiger partial charge in [0.05, 0.1) is 24.2 Å². The highest BCUT2D eigenvalue weighted by atomic mass is 79.9. The van der Waals surface area contributed by atoms with Crippen LogP contribution in [0.1, 0.15) is 18.2 Å². The van der Waals surface area contributed by atoms with Gasteiger partial charge in [0.2, 0.25) is 5.95 Å². The first-order valence-corrected chi connectivity index (χ1v) is 9.26. The Hall–Kier alpha value is -2.81. The third-order valence-corrected chi connectivity index (χ3v) is 5.03. The van der Waals surface area contributed by atoms with Crippen molar-refractivity contribution in [2.24, 2.45) is 10.7 Å². The summed E-state index contributed by atoms with van der Waals surface area (Å²) in [4.78, 5) is 9.01. The summed E-state index contributed by atoms with van der Waals surface area (Å²) >= 11 is 3.39. The first-order chi connectivity index (χ1) is 13.1. The fourth-order valence-corrected chi connectivity index (χ4v) is 3.72. The second-order valence-corrected chi connectivity index (χ2v) is 7.24. The summed E-state index contributed by atoms with van der Waals surface area (Å²) in [5.41, 5.74) is 7.76. The lowest BCUT2D eigenvalue weighted by Crippen LogP contribution is -2.31. The second-order valence-electron chi connectivity index (χ2n) is 6.32. The van der Waals surface area contributed by atoms with Crippen LogP contribution in [-0.2, 0) is 0 Å². The van der Waals surface area contributed by atoms with Crippen LogP contribution in [-0.4, -0.2) is 28.7 Å². The SMILES string of the molecule is NC1=NC(c2cc(Br)ccc2F)n2c(nc3cc4c(cc32)OCCCO4)N1. The van der Waals surface area contributed by atoms with Crippen molar-refractivity contribution in [3.05, 3.63) is 46.2 Å². The number of ether oxygens (including phenoxy) is 2. The standard InChI is InChI=1S/C18H15BrFN5O2/c19-9-2-3-11(20)10(6-9)16-23-17(21)24-18-22-12-7-14-15(8-13(12)25(16)18)27-5-1-4-26-14/h2-3,6-8,16H,1,4-5H2,(H3,21,22,23,24). The number of nitrogens with zero attached hydrogens (tertiary/aromatic N) is 3. The Labute approximate surface area is 162 Å². The third-order valence-electron chi connectivity index (χ3n) is 4.54. The molecule has 3 aromatic rings. The van der Waals surface area contributed by atoms with Crippen LogP contribution in [0, 0.1) is 5.82 Å². The van der Waals surface area contributed by atoms with E-state index in [1.165, 1.54) is 6.07 Å². The Morgan fingerprint density at radius 1 is 1.19 bits per heavy atom. The molecule has 1 aromatic heterocycles. The Balaban J connectivity index is 1.74. The molecule has 0 aliphatic carbocycles. The summed E-state index contributed by atoms with van der Waals surface area (Å²) in [6.07, 6.45) is 0.125. The van der Waals surface area contributed by atoms with Crippen LogP contribution < -0.4 is 20.5 Å². The van der Waals surface area contributed by atoms with Gasteiger partial charge in [-0.1, -0.05) is 15.9 Å². The quantitative estimate of drug-likeness (QED) is 0.616. The topological polar surface area (TPSA) is 86.7 Å². The minimum absolute atomic E-state index is 0.177. The maximum atomic E-state index is 14.6. The van der Waals surface area contributed by atoms with Gasteiger partial charge in [-0.25, -0.2) is 14.4 Å². The number of benzene rings is 2. The van der Waals surface area contributed by atoms with Crippen molar-refractivity contribution >= 4 is 38.9 Å². The number of aromatic nitrogens is 2. The number of guanidine groups is 1. The summed E-state index contributed by atoms with van der Waals surface area (Å²) in [7, 11) is 0. The van der Waals surface area contributed by atoms with Crippen molar-refractivity contribution in [2.75, 3.05) is 18.5 Å². The Bertz CT molecular complexity index is 1100. The Morgan fingerprint density at radius 2 is 1.96 bits per heavy atom. The molecule has 0 radical (unpaired) electrons. The van der Waals surface area contributed by atoms with Crippen LogP contribution in [0.5, 0.6) is 11.5 Å². The largest absolute Gasteiger partial charge is 0.489 e. The van der Waals surface area contributed by atoms with E-state index >= 15 is 0 Å². The number of fused-ring (bicyclic) bond motifs is 4. The van der Waals surface area contributed by atoms with Crippen LogP contribution in [0.4, 0.5) is 10.3 Å². The zero-order valence-corrected chi connectivity index (χ0v) is 15.7. The van der Waals surface area contributed by atoms with E-state index < -0.39 is 6.17 Å². The maximum Gasteiger partial charge on any atom is 0.212 e. The number of nitrogens with two attached hydrogens (primary N) is 1. The van der Waals surface area contributed by atoms with Gasteiger partial charge in [0.25, 0.3) is 0 Å². The van der Waals surface area contributed by atoms with Crippen LogP contribution in [0.25, 0.3) is 11.0 Å². The third kappa shape index (κ3) is 2.69. The average molecular weight is 432 g/mol. The summed E-state index contributed by atoms with van der Waals surface area (Å²) in [6, 6.07) is 8.42. The van der Waals surface area contributed by atoms with E-state index in [1.54, 1.807) is 12.1 Å². The predicted molar refractivity (Wildman–Crippen MR) is 103 cm³/mol. The van der Waals surface area contributed by atoms with E-state index in [1.807, 2.05) is 16.7 Å². The molecule has 0 fully saturated rings. The minimum atomic E-state index is -0.687. The van der Waals surface area contributed by atoms with E-state index in [0.29, 0.717) is 41.7 Å². The van der Waals surface area contributed by atoms with Gasteiger partial charge >= 0.3 is 0 Å². The number of anilines is 1. The molecule has 7 nitrogen and oxygen atoms in total. The van der Waals surface area contributed by atoms with Gasteiger partial charge in [0.15, 0.2) is 23.6 Å². The predicted octanol–water partition coefficient (Wildman–Crippen LogP) is 3.39. The molecule has 9 heteroatoms. The first-order valence-electron chi connectivity index (χ1n) is 8.47. The number of hydrogen-bond donors (Lipinski definition) is 2. The van der Waals surface area contributed by atoms with E-state index in [-0.39, 0.29) is 11.8 Å². The summed E-state index contributed by atoms with van der Waals surface area (Å²) in [6.45, 7) is 1.17. The molecule has 0 bridgehead atoms. The normalized spacial score (nSPS) is 18.4. The van der Waals surface area contributed by atoms with Crippen LogP contribution in [0.3, 0.4) is 0 Å². The summed E-state index contributed by atoms with van der Waals surface area (Å²) in [5.74, 6) is 1.58. The molecule has 0 spiro atoms. The molecular weight excluding hydrogens is 417 g/mol. The minimum Gasteiger partial charge on any atom is -0.489 e.